The summed E-state index contributed by atoms with van der Waals surface area (Å²) in [5.74, 6) is 0.990. The number of carbonyl (C=O) groups is 1. The molecule has 80 valence electrons. The summed E-state index contributed by atoms with van der Waals surface area (Å²) in [7, 11) is 1.45. The molecule has 0 bridgehead atoms. The summed E-state index contributed by atoms with van der Waals surface area (Å²) in [5.41, 5.74) is -0.287. The Balaban J connectivity index is 2.06. The number of aliphatic hydroxyl groups is 1. The highest BCUT2D eigenvalue weighted by Crippen LogP contribution is 2.53. The van der Waals surface area contributed by atoms with Crippen LogP contribution in [0, 0.1) is 17.3 Å². The van der Waals surface area contributed by atoms with Crippen LogP contribution in [0.4, 0.5) is 0 Å². The molecule has 0 saturated heterocycles. The largest absolute Gasteiger partial charge is 0.469 e. The summed E-state index contributed by atoms with van der Waals surface area (Å²) in [6.07, 6.45) is 3.39. The van der Waals surface area contributed by atoms with Crippen molar-refractivity contribution in [2.24, 2.45) is 17.3 Å². The van der Waals surface area contributed by atoms with Crippen molar-refractivity contribution in [2.45, 2.75) is 38.7 Å². The lowest BCUT2D eigenvalue weighted by atomic mass is 9.86. The van der Waals surface area contributed by atoms with Crippen molar-refractivity contribution in [1.29, 1.82) is 0 Å². The predicted molar refractivity (Wildman–Crippen MR) is 51.6 cm³/mol. The minimum atomic E-state index is -0.287. The summed E-state index contributed by atoms with van der Waals surface area (Å²) in [5, 5.41) is 9.48. The van der Waals surface area contributed by atoms with E-state index >= 15 is 0 Å². The molecule has 2 saturated carbocycles. The Labute approximate surface area is 84.4 Å². The molecule has 2 aliphatic rings. The van der Waals surface area contributed by atoms with Crippen molar-refractivity contribution < 1.29 is 14.6 Å². The fourth-order valence-corrected chi connectivity index (χ4v) is 3.33. The van der Waals surface area contributed by atoms with E-state index in [1.807, 2.05) is 6.92 Å². The molecule has 0 amide bonds. The van der Waals surface area contributed by atoms with Crippen molar-refractivity contribution in [1.82, 2.24) is 0 Å². The van der Waals surface area contributed by atoms with Crippen molar-refractivity contribution in [2.75, 3.05) is 7.11 Å². The number of hydrogen-bond donors (Lipinski definition) is 1. The first-order valence-corrected chi connectivity index (χ1v) is 5.31. The van der Waals surface area contributed by atoms with Crippen LogP contribution in [0.3, 0.4) is 0 Å². The number of hydrogen-bond acceptors (Lipinski definition) is 3. The van der Waals surface area contributed by atoms with E-state index in [0.717, 1.165) is 25.7 Å². The van der Waals surface area contributed by atoms with Gasteiger partial charge in [0.25, 0.3) is 0 Å². The number of carbonyl (C=O) groups excluding carboxylic acids is 1. The third kappa shape index (κ3) is 1.44. The molecule has 4 atom stereocenters. The van der Waals surface area contributed by atoms with Gasteiger partial charge in [0.15, 0.2) is 0 Å². The normalized spacial score (nSPS) is 46.4. The highest BCUT2D eigenvalue weighted by Gasteiger charge is 2.50. The van der Waals surface area contributed by atoms with E-state index in [0.29, 0.717) is 11.8 Å². The molecule has 14 heavy (non-hydrogen) atoms. The monoisotopic (exact) mass is 198 g/mol. The van der Waals surface area contributed by atoms with Crippen LogP contribution in [-0.4, -0.2) is 24.3 Å². The fourth-order valence-electron chi connectivity index (χ4n) is 3.33. The lowest BCUT2D eigenvalue weighted by Gasteiger charge is -2.21. The van der Waals surface area contributed by atoms with E-state index in [9.17, 15) is 9.90 Å². The Morgan fingerprint density at radius 1 is 1.36 bits per heavy atom. The Hall–Kier alpha value is -0.570. The zero-order chi connectivity index (χ0) is 10.3. The quantitative estimate of drug-likeness (QED) is 0.647. The second-order valence-electron chi connectivity index (χ2n) is 5.11. The second kappa shape index (κ2) is 3.23. The van der Waals surface area contributed by atoms with E-state index in [1.54, 1.807) is 0 Å². The zero-order valence-corrected chi connectivity index (χ0v) is 8.82. The van der Waals surface area contributed by atoms with Gasteiger partial charge < -0.3 is 9.84 Å². The molecule has 0 heterocycles. The molecule has 3 heteroatoms. The zero-order valence-electron chi connectivity index (χ0n) is 8.82. The molecule has 0 aromatic carbocycles. The topological polar surface area (TPSA) is 46.5 Å². The average molecular weight is 198 g/mol. The van der Waals surface area contributed by atoms with Crippen molar-refractivity contribution >= 4 is 5.97 Å². The van der Waals surface area contributed by atoms with Gasteiger partial charge in [-0.1, -0.05) is 0 Å². The lowest BCUT2D eigenvalue weighted by molar-refractivity contribution is -0.151. The molecule has 0 aromatic heterocycles. The SMILES string of the molecule is COC(=O)C1(C)C[C@H]2CC(O)C[C@H]2C1. The predicted octanol–water partition coefficient (Wildman–Crippen LogP) is 1.35. The number of esters is 1. The molecule has 0 spiro atoms. The third-order valence-corrected chi connectivity index (χ3v) is 3.92. The van der Waals surface area contributed by atoms with Crippen LogP contribution in [0.2, 0.25) is 0 Å². The number of methoxy groups -OCH3 is 1. The van der Waals surface area contributed by atoms with Crippen molar-refractivity contribution in [3.8, 4) is 0 Å². The maximum atomic E-state index is 11.6. The van der Waals surface area contributed by atoms with Gasteiger partial charge in [-0.25, -0.2) is 0 Å². The van der Waals surface area contributed by atoms with E-state index < -0.39 is 0 Å². The molecule has 2 rings (SSSR count). The van der Waals surface area contributed by atoms with Crippen LogP contribution in [-0.2, 0) is 9.53 Å². The van der Waals surface area contributed by atoms with Gasteiger partial charge in [-0.3, -0.25) is 4.79 Å². The first kappa shape index (κ1) is 9.97. The standard InChI is InChI=1S/C11H18O3/c1-11(10(13)14-2)5-7-3-9(12)4-8(7)6-11/h7-9,12H,3-6H2,1-2H3/t7-,8+,9?,11?. The van der Waals surface area contributed by atoms with Crippen LogP contribution in [0.1, 0.15) is 32.6 Å². The van der Waals surface area contributed by atoms with Gasteiger partial charge in [-0.15, -0.1) is 0 Å². The molecule has 0 aromatic rings. The van der Waals surface area contributed by atoms with Crippen LogP contribution in [0.5, 0.6) is 0 Å². The van der Waals surface area contributed by atoms with Gasteiger partial charge in [0.1, 0.15) is 0 Å². The molecule has 2 aliphatic carbocycles. The van der Waals surface area contributed by atoms with Gasteiger partial charge in [0.2, 0.25) is 0 Å². The molecule has 0 radical (unpaired) electrons. The van der Waals surface area contributed by atoms with Crippen LogP contribution in [0.25, 0.3) is 0 Å². The first-order chi connectivity index (χ1) is 6.55. The molecule has 0 aliphatic heterocycles. The second-order valence-corrected chi connectivity index (χ2v) is 5.11. The average Bonchev–Trinajstić information content (AvgIpc) is 2.57. The van der Waals surface area contributed by atoms with Crippen LogP contribution >= 0.6 is 0 Å². The van der Waals surface area contributed by atoms with Gasteiger partial charge in [-0.05, 0) is 44.4 Å². The van der Waals surface area contributed by atoms with Crippen LogP contribution < -0.4 is 0 Å². The number of fused-ring (bicyclic) bond motifs is 1. The minimum absolute atomic E-state index is 0.0820. The molecule has 2 fully saturated rings. The minimum Gasteiger partial charge on any atom is -0.469 e. The Morgan fingerprint density at radius 2 is 1.86 bits per heavy atom. The van der Waals surface area contributed by atoms with Gasteiger partial charge in [0, 0.05) is 0 Å². The summed E-state index contributed by atoms with van der Waals surface area (Å²) < 4.78 is 4.83. The number of aliphatic hydroxyl groups excluding tert-OH is 1. The van der Waals surface area contributed by atoms with Crippen molar-refractivity contribution in [3.05, 3.63) is 0 Å². The maximum Gasteiger partial charge on any atom is 0.311 e. The smallest absolute Gasteiger partial charge is 0.311 e. The molecular weight excluding hydrogens is 180 g/mol. The van der Waals surface area contributed by atoms with Crippen molar-refractivity contribution in [3.63, 3.8) is 0 Å². The summed E-state index contributed by atoms with van der Waals surface area (Å²) in [6, 6.07) is 0. The number of rotatable bonds is 1. The first-order valence-electron chi connectivity index (χ1n) is 5.31. The van der Waals surface area contributed by atoms with E-state index in [1.165, 1.54) is 7.11 Å². The third-order valence-electron chi connectivity index (χ3n) is 3.92. The lowest BCUT2D eigenvalue weighted by Crippen LogP contribution is -2.27. The molecule has 2 unspecified atom stereocenters. The highest BCUT2D eigenvalue weighted by molar-refractivity contribution is 5.76. The molecular formula is C11H18O3. The van der Waals surface area contributed by atoms with Crippen LogP contribution in [0.15, 0.2) is 0 Å². The molecule has 1 N–H and O–H groups in total. The highest BCUT2D eigenvalue weighted by atomic mass is 16.5. The summed E-state index contributed by atoms with van der Waals surface area (Å²) >= 11 is 0. The fraction of sp³-hybridized carbons (Fsp3) is 0.909. The van der Waals surface area contributed by atoms with Gasteiger partial charge >= 0.3 is 5.97 Å². The summed E-state index contributed by atoms with van der Waals surface area (Å²) in [4.78, 5) is 11.6. The van der Waals surface area contributed by atoms with Gasteiger partial charge in [0.05, 0.1) is 18.6 Å². The maximum absolute atomic E-state index is 11.6. The summed E-state index contributed by atoms with van der Waals surface area (Å²) in [6.45, 7) is 1.99. The van der Waals surface area contributed by atoms with Gasteiger partial charge in [-0.2, -0.15) is 0 Å². The Kier molecular flexibility index (Phi) is 2.30. The molecule has 3 nitrogen and oxygen atoms in total. The Bertz CT molecular complexity index is 235. The van der Waals surface area contributed by atoms with E-state index in [-0.39, 0.29) is 17.5 Å². The van der Waals surface area contributed by atoms with E-state index in [4.69, 9.17) is 4.74 Å². The Morgan fingerprint density at radius 3 is 2.29 bits per heavy atom. The number of ether oxygens (including phenoxy) is 1. The van der Waals surface area contributed by atoms with E-state index in [2.05, 4.69) is 0 Å².